The van der Waals surface area contributed by atoms with Crippen LogP contribution in [0.5, 0.6) is 5.75 Å². The Morgan fingerprint density at radius 2 is 1.12 bits per heavy atom. The standard InChI is InChI=1S/C20H15N5O/c1-26-18-4-2-15(3-5-18)19-24-12-17(13-25-19)20-22-10-16(11-23-20)14-6-8-21-9-7-14/h2-13H,1H3. The van der Waals surface area contributed by atoms with Gasteiger partial charge in [0.2, 0.25) is 0 Å². The molecule has 126 valence electrons. The molecule has 3 heterocycles. The fourth-order valence-corrected chi connectivity index (χ4v) is 2.50. The van der Waals surface area contributed by atoms with Gasteiger partial charge >= 0.3 is 0 Å². The van der Waals surface area contributed by atoms with E-state index in [2.05, 4.69) is 24.9 Å². The van der Waals surface area contributed by atoms with Crippen LogP contribution in [0.3, 0.4) is 0 Å². The van der Waals surface area contributed by atoms with Crippen molar-refractivity contribution in [1.29, 1.82) is 0 Å². The molecule has 6 nitrogen and oxygen atoms in total. The fraction of sp³-hybridized carbons (Fsp3) is 0.0500. The third-order valence-corrected chi connectivity index (χ3v) is 3.92. The molecule has 0 N–H and O–H groups in total. The largest absolute Gasteiger partial charge is 0.497 e. The average molecular weight is 341 g/mol. The summed E-state index contributed by atoms with van der Waals surface area (Å²) in [5.74, 6) is 2.03. The van der Waals surface area contributed by atoms with E-state index in [4.69, 9.17) is 4.74 Å². The Morgan fingerprint density at radius 3 is 1.69 bits per heavy atom. The maximum absolute atomic E-state index is 5.16. The summed E-state index contributed by atoms with van der Waals surface area (Å²) < 4.78 is 5.16. The number of methoxy groups -OCH3 is 1. The predicted molar refractivity (Wildman–Crippen MR) is 98.3 cm³/mol. The molecule has 0 fully saturated rings. The number of aromatic nitrogens is 5. The number of pyridine rings is 1. The van der Waals surface area contributed by atoms with Gasteiger partial charge in [-0.2, -0.15) is 0 Å². The first-order chi connectivity index (χ1) is 12.8. The molecular weight excluding hydrogens is 326 g/mol. The van der Waals surface area contributed by atoms with Gasteiger partial charge in [-0.05, 0) is 42.0 Å². The summed E-state index contributed by atoms with van der Waals surface area (Å²) in [7, 11) is 1.64. The van der Waals surface area contributed by atoms with Gasteiger partial charge in [-0.3, -0.25) is 4.98 Å². The van der Waals surface area contributed by atoms with Crippen LogP contribution in [0.15, 0.2) is 73.6 Å². The van der Waals surface area contributed by atoms with Crippen molar-refractivity contribution in [3.8, 4) is 39.7 Å². The minimum absolute atomic E-state index is 0.587. The molecule has 3 aromatic heterocycles. The second-order valence-corrected chi connectivity index (χ2v) is 5.56. The molecule has 0 aliphatic heterocycles. The normalized spacial score (nSPS) is 10.5. The van der Waals surface area contributed by atoms with Gasteiger partial charge in [0.05, 0.1) is 12.7 Å². The molecule has 0 aliphatic rings. The molecule has 0 unspecified atom stereocenters. The van der Waals surface area contributed by atoms with Crippen LogP contribution in [-0.4, -0.2) is 32.0 Å². The van der Waals surface area contributed by atoms with Crippen LogP contribution in [0.25, 0.3) is 33.9 Å². The van der Waals surface area contributed by atoms with Gasteiger partial charge in [0.25, 0.3) is 0 Å². The first-order valence-electron chi connectivity index (χ1n) is 8.03. The van der Waals surface area contributed by atoms with Gasteiger partial charge in [0, 0.05) is 48.3 Å². The molecule has 1 aromatic carbocycles. The van der Waals surface area contributed by atoms with Crippen molar-refractivity contribution in [2.45, 2.75) is 0 Å². The Labute approximate surface area is 150 Å². The van der Waals surface area contributed by atoms with Crippen molar-refractivity contribution >= 4 is 0 Å². The highest BCUT2D eigenvalue weighted by Gasteiger charge is 2.06. The van der Waals surface area contributed by atoms with Crippen molar-refractivity contribution in [2.24, 2.45) is 0 Å². The monoisotopic (exact) mass is 341 g/mol. The highest BCUT2D eigenvalue weighted by atomic mass is 16.5. The molecule has 0 saturated heterocycles. The van der Waals surface area contributed by atoms with Crippen LogP contribution in [0, 0.1) is 0 Å². The zero-order valence-corrected chi connectivity index (χ0v) is 14.1. The molecule has 0 spiro atoms. The van der Waals surface area contributed by atoms with E-state index < -0.39 is 0 Å². The van der Waals surface area contributed by atoms with Crippen LogP contribution in [0.4, 0.5) is 0 Å². The maximum Gasteiger partial charge on any atom is 0.162 e. The molecule has 0 aliphatic carbocycles. The second-order valence-electron chi connectivity index (χ2n) is 5.56. The van der Waals surface area contributed by atoms with Crippen LogP contribution in [-0.2, 0) is 0 Å². The van der Waals surface area contributed by atoms with Crippen molar-refractivity contribution in [3.05, 3.63) is 73.6 Å². The van der Waals surface area contributed by atoms with Crippen molar-refractivity contribution < 1.29 is 4.74 Å². The molecule has 4 rings (SSSR count). The number of benzene rings is 1. The van der Waals surface area contributed by atoms with E-state index in [1.807, 2.05) is 36.4 Å². The van der Waals surface area contributed by atoms with Gasteiger partial charge in [0.1, 0.15) is 5.75 Å². The number of nitrogens with zero attached hydrogens (tertiary/aromatic N) is 5. The topological polar surface area (TPSA) is 73.7 Å². The third-order valence-electron chi connectivity index (χ3n) is 3.92. The Balaban J connectivity index is 1.56. The predicted octanol–water partition coefficient (Wildman–Crippen LogP) is 3.67. The number of rotatable bonds is 4. The lowest BCUT2D eigenvalue weighted by Crippen LogP contribution is -1.94. The van der Waals surface area contributed by atoms with E-state index in [1.54, 1.807) is 44.3 Å². The highest BCUT2D eigenvalue weighted by molar-refractivity contribution is 5.63. The Hall–Kier alpha value is -3.67. The Kier molecular flexibility index (Phi) is 4.30. The molecule has 26 heavy (non-hydrogen) atoms. The van der Waals surface area contributed by atoms with Gasteiger partial charge in [-0.25, -0.2) is 19.9 Å². The summed E-state index contributed by atoms with van der Waals surface area (Å²) in [5.41, 5.74) is 3.65. The summed E-state index contributed by atoms with van der Waals surface area (Å²) in [6, 6.07) is 11.5. The number of hydrogen-bond donors (Lipinski definition) is 0. The van der Waals surface area contributed by atoms with Gasteiger partial charge in [-0.1, -0.05) is 0 Å². The average Bonchev–Trinajstić information content (AvgIpc) is 2.75. The molecule has 0 amide bonds. The molecule has 0 radical (unpaired) electrons. The van der Waals surface area contributed by atoms with E-state index in [9.17, 15) is 0 Å². The lowest BCUT2D eigenvalue weighted by molar-refractivity contribution is 0.415. The molecule has 0 bridgehead atoms. The minimum atomic E-state index is 0.587. The smallest absolute Gasteiger partial charge is 0.162 e. The molecule has 0 saturated carbocycles. The van der Waals surface area contributed by atoms with Gasteiger partial charge in [0.15, 0.2) is 11.6 Å². The molecule has 4 aromatic rings. The summed E-state index contributed by atoms with van der Waals surface area (Å²) in [4.78, 5) is 21.7. The van der Waals surface area contributed by atoms with Crippen LogP contribution < -0.4 is 4.74 Å². The number of hydrogen-bond acceptors (Lipinski definition) is 6. The van der Waals surface area contributed by atoms with Crippen LogP contribution in [0.2, 0.25) is 0 Å². The summed E-state index contributed by atoms with van der Waals surface area (Å²) in [6.45, 7) is 0. The first-order valence-corrected chi connectivity index (χ1v) is 8.03. The highest BCUT2D eigenvalue weighted by Crippen LogP contribution is 2.22. The summed E-state index contributed by atoms with van der Waals surface area (Å²) in [5, 5.41) is 0. The lowest BCUT2D eigenvalue weighted by atomic mass is 10.1. The quantitative estimate of drug-likeness (QED) is 0.564. The fourth-order valence-electron chi connectivity index (χ4n) is 2.50. The van der Waals surface area contributed by atoms with Crippen LogP contribution in [0.1, 0.15) is 0 Å². The molecule has 6 heteroatoms. The van der Waals surface area contributed by atoms with Gasteiger partial charge in [-0.15, -0.1) is 0 Å². The zero-order chi connectivity index (χ0) is 17.8. The number of ether oxygens (including phenoxy) is 1. The molecular formula is C20H15N5O. The van der Waals surface area contributed by atoms with Crippen LogP contribution >= 0.6 is 0 Å². The van der Waals surface area contributed by atoms with E-state index >= 15 is 0 Å². The minimum Gasteiger partial charge on any atom is -0.497 e. The first kappa shape index (κ1) is 15.8. The summed E-state index contributed by atoms with van der Waals surface area (Å²) in [6.07, 6.45) is 10.5. The third kappa shape index (κ3) is 3.25. The van der Waals surface area contributed by atoms with Gasteiger partial charge < -0.3 is 4.74 Å². The zero-order valence-electron chi connectivity index (χ0n) is 14.1. The van der Waals surface area contributed by atoms with E-state index in [-0.39, 0.29) is 0 Å². The maximum atomic E-state index is 5.16. The SMILES string of the molecule is COc1ccc(-c2ncc(-c3ncc(-c4ccncc4)cn3)cn2)cc1. The van der Waals surface area contributed by atoms with E-state index in [1.165, 1.54) is 0 Å². The Morgan fingerprint density at radius 1 is 0.577 bits per heavy atom. The van der Waals surface area contributed by atoms with Crippen molar-refractivity contribution in [2.75, 3.05) is 7.11 Å². The molecule has 0 atom stereocenters. The van der Waals surface area contributed by atoms with E-state index in [0.29, 0.717) is 11.6 Å². The van der Waals surface area contributed by atoms with E-state index in [0.717, 1.165) is 28.0 Å². The van der Waals surface area contributed by atoms with Crippen molar-refractivity contribution in [1.82, 2.24) is 24.9 Å². The summed E-state index contributed by atoms with van der Waals surface area (Å²) >= 11 is 0. The van der Waals surface area contributed by atoms with Crippen molar-refractivity contribution in [3.63, 3.8) is 0 Å². The Bertz CT molecular complexity index is 985. The second kappa shape index (κ2) is 7.06. The lowest BCUT2D eigenvalue weighted by Gasteiger charge is -2.05.